The first-order valence-corrected chi connectivity index (χ1v) is 36.6. The monoisotopic (exact) mass is 1320 g/mol. The molecule has 0 amide bonds. The number of thiophene rings is 1. The zero-order valence-corrected chi connectivity index (χ0v) is 61.0. The van der Waals surface area contributed by atoms with Gasteiger partial charge in [-0.05, 0) is 105 Å². The van der Waals surface area contributed by atoms with Crippen molar-refractivity contribution in [3.63, 3.8) is 0 Å². The lowest BCUT2D eigenvalue weighted by molar-refractivity contribution is -0.659. The quantitative estimate of drug-likeness (QED) is 0.159. The molecule has 5 fully saturated rings. The fraction of sp³-hybridized carbons (Fsp3) is 0.451. The maximum absolute atomic E-state index is 5.76. The van der Waals surface area contributed by atoms with Crippen LogP contribution in [0.3, 0.4) is 0 Å². The van der Waals surface area contributed by atoms with E-state index in [2.05, 4.69) is 339 Å². The summed E-state index contributed by atoms with van der Waals surface area (Å²) < 4.78 is 26.9. The molecule has 20 rings (SSSR count). The molecule has 0 radical (unpaired) electrons. The third-order valence-corrected chi connectivity index (χ3v) is 27.6. The van der Waals surface area contributed by atoms with Crippen molar-refractivity contribution >= 4 is 40.4 Å². The number of pyridine rings is 5. The Hall–Kier alpha value is -8.43. The van der Waals surface area contributed by atoms with Crippen LogP contribution in [-0.2, 0) is 76.4 Å². The van der Waals surface area contributed by atoms with Crippen molar-refractivity contribution in [1.82, 2.24) is 9.13 Å². The van der Waals surface area contributed by atoms with Crippen LogP contribution in [0.2, 0.25) is 0 Å². The number of rotatable bonds is 5. The zero-order valence-electron chi connectivity index (χ0n) is 60.2. The summed E-state index contributed by atoms with van der Waals surface area (Å²) in [4.78, 5) is 12.9. The van der Waals surface area contributed by atoms with Crippen LogP contribution in [0.1, 0.15) is 188 Å². The van der Waals surface area contributed by atoms with E-state index in [-0.39, 0.29) is 21.7 Å². The number of nitrogens with zero attached hydrogens (tertiary/aromatic N) is 12. The predicted octanol–water partition coefficient (Wildman–Crippen LogP) is 13.5. The van der Waals surface area contributed by atoms with Crippen LogP contribution >= 0.6 is 11.3 Å². The molecule has 0 spiro atoms. The normalized spacial score (nSPS) is 31.5. The van der Waals surface area contributed by atoms with Crippen molar-refractivity contribution in [3.05, 3.63) is 238 Å². The lowest BCUT2D eigenvalue weighted by Gasteiger charge is -2.34. The molecule has 10 aromatic heterocycles. The molecule has 14 nitrogen and oxygen atoms in total. The molecular formula is C82H101N12O2S+5. The summed E-state index contributed by atoms with van der Waals surface area (Å²) in [6, 6.07) is 41.8. The van der Waals surface area contributed by atoms with Crippen LogP contribution in [0.15, 0.2) is 191 Å². The number of aromatic nitrogens is 7. The minimum absolute atomic E-state index is 0.218. The zero-order chi connectivity index (χ0) is 67.7. The van der Waals surface area contributed by atoms with Gasteiger partial charge in [0.1, 0.15) is 54.4 Å². The fourth-order valence-electron chi connectivity index (χ4n) is 20.7. The summed E-state index contributed by atoms with van der Waals surface area (Å²) in [5.41, 5.74) is 14.9. The topological polar surface area (TPSA) is 71.7 Å². The largest absolute Gasteiger partial charge is 0.472 e. The van der Waals surface area contributed by atoms with Gasteiger partial charge in [0.15, 0.2) is 11.8 Å². The average molecular weight is 1320 g/mol. The summed E-state index contributed by atoms with van der Waals surface area (Å²) in [5.74, 6) is 7.70. The van der Waals surface area contributed by atoms with Gasteiger partial charge in [0.25, 0.3) is 29.1 Å². The van der Waals surface area contributed by atoms with Gasteiger partial charge in [-0.25, -0.2) is 32.6 Å². The third-order valence-electron chi connectivity index (χ3n) is 26.9. The van der Waals surface area contributed by atoms with Gasteiger partial charge < -0.3 is 18.0 Å². The highest BCUT2D eigenvalue weighted by molar-refractivity contribution is 7.08. The Morgan fingerprint density at radius 1 is 0.392 bits per heavy atom. The lowest BCUT2D eigenvalue weighted by Crippen LogP contribution is -2.48. The minimum Gasteiger partial charge on any atom is -0.472 e. The summed E-state index contributed by atoms with van der Waals surface area (Å²) in [6.07, 6.45) is 29.4. The highest BCUT2D eigenvalue weighted by atomic mass is 32.1. The Balaban J connectivity index is 0.0000000951. The first kappa shape index (κ1) is 63.3. The SMILES string of the molecule is CC1N(c2cccc[n+]2C)C2CC1(C)c1ccn(C)c12.CC1N(c2cccc[n+]2C)C2CC1(C)c1ccoc12.CC1N(c2cccc[n+]2C)C2CC1(C)c1cn(C)cc12.CC1N(c2cccc[n+]2C)C2CC1(C)c1cocc12.CC1N(c2cccc[n+]2C)C2CC1(C)c1cscc12. The van der Waals surface area contributed by atoms with Gasteiger partial charge in [0.05, 0.1) is 90.7 Å². The van der Waals surface area contributed by atoms with E-state index < -0.39 is 0 Å². The Kier molecular flexibility index (Phi) is 14.7. The highest BCUT2D eigenvalue weighted by Gasteiger charge is 2.66. The number of fused-ring (bicyclic) bond motifs is 25. The van der Waals surface area contributed by atoms with E-state index in [1.165, 1.54) is 88.5 Å². The molecular weight excluding hydrogens is 1220 g/mol. The average Bonchev–Trinajstić information content (AvgIpc) is 1.59. The van der Waals surface area contributed by atoms with Crippen molar-refractivity contribution in [2.24, 2.45) is 49.3 Å². The molecule has 5 aliphatic heterocycles. The van der Waals surface area contributed by atoms with Gasteiger partial charge in [-0.1, -0.05) is 65.0 Å². The molecule has 0 N–H and O–H groups in total. The van der Waals surface area contributed by atoms with Crippen LogP contribution in [0.4, 0.5) is 29.1 Å². The second-order valence-electron chi connectivity index (χ2n) is 31.7. The van der Waals surface area contributed by atoms with Crippen LogP contribution in [-0.4, -0.2) is 39.3 Å². The number of hydrogen-bond donors (Lipinski definition) is 0. The minimum atomic E-state index is 0.218. The second-order valence-corrected chi connectivity index (χ2v) is 32.4. The fourth-order valence-corrected chi connectivity index (χ4v) is 21.8. The maximum atomic E-state index is 5.76. The van der Waals surface area contributed by atoms with Gasteiger partial charge in [0.2, 0.25) is 0 Å². The van der Waals surface area contributed by atoms with Crippen molar-refractivity contribution in [1.29, 1.82) is 0 Å². The summed E-state index contributed by atoms with van der Waals surface area (Å²) in [6.45, 7) is 23.8. The standard InChI is InChI=1S/2C17H22N3.2C16H19N2O.C16H19N2S/c1-12-17(2)11-14(16-13(17)8-10-19(16)4)20(12)15-7-5-6-9-18(15)3;1-12-17(2)9-15(13-10-18(3)11-14(13)17)20(12)16-7-5-6-8-19(16)4;1-11-16(2)10-13(15-12(16)7-9-19-15)18(11)14-6-4-5-8-17(14)3;2*1-11-16(2)8-14(12-9-19-10-13(12)16)18(11)15-6-4-5-7-17(15)3/h5-10,12,14H,11H2,1-4H3;5-8,10-12,15H,9H2,1-4H3;4-9,11,13H,10H2,1-3H3;2*4-7,9-11,14H,8H2,1-3H3/q5*+1. The number of anilines is 5. The molecule has 5 saturated heterocycles. The van der Waals surface area contributed by atoms with Gasteiger partial charge in [0, 0.05) is 150 Å². The van der Waals surface area contributed by atoms with Gasteiger partial charge >= 0.3 is 0 Å². The Bertz CT molecular complexity index is 4390. The summed E-state index contributed by atoms with van der Waals surface area (Å²) >= 11 is 1.86. The Morgan fingerprint density at radius 3 is 1.27 bits per heavy atom. The number of hydrogen-bond acceptors (Lipinski definition) is 8. The van der Waals surface area contributed by atoms with E-state index in [0.717, 1.165) is 6.42 Å². The van der Waals surface area contributed by atoms with E-state index in [0.29, 0.717) is 65.8 Å². The smallest absolute Gasteiger partial charge is 0.277 e. The van der Waals surface area contributed by atoms with E-state index in [1.807, 2.05) is 30.1 Å². The molecule has 10 bridgehead atoms. The number of aryl methyl sites for hydroxylation is 7. The van der Waals surface area contributed by atoms with Crippen LogP contribution in [0, 0.1) is 0 Å². The van der Waals surface area contributed by atoms with E-state index in [1.54, 1.807) is 22.3 Å². The molecule has 10 aliphatic rings. The van der Waals surface area contributed by atoms with Gasteiger partial charge in [-0.2, -0.15) is 11.3 Å². The van der Waals surface area contributed by atoms with Crippen LogP contribution in [0.5, 0.6) is 0 Å². The molecule has 15 heteroatoms. The number of furan rings is 2. The Morgan fingerprint density at radius 2 is 0.784 bits per heavy atom. The molecule has 5 aliphatic carbocycles. The van der Waals surface area contributed by atoms with E-state index in [4.69, 9.17) is 8.83 Å². The maximum Gasteiger partial charge on any atom is 0.277 e. The molecule has 502 valence electrons. The van der Waals surface area contributed by atoms with E-state index >= 15 is 0 Å². The van der Waals surface area contributed by atoms with Gasteiger partial charge in [-0.3, -0.25) is 14.7 Å². The van der Waals surface area contributed by atoms with Crippen LogP contribution in [0.25, 0.3) is 0 Å². The van der Waals surface area contributed by atoms with Crippen molar-refractivity contribution in [3.8, 4) is 0 Å². The highest BCUT2D eigenvalue weighted by Crippen LogP contribution is 2.63. The molecule has 15 heterocycles. The third kappa shape index (κ3) is 9.02. The van der Waals surface area contributed by atoms with Crippen LogP contribution < -0.4 is 47.3 Å². The molecule has 0 aromatic carbocycles. The van der Waals surface area contributed by atoms with E-state index in [9.17, 15) is 0 Å². The lowest BCUT2D eigenvalue weighted by atomic mass is 9.80. The molecule has 15 unspecified atom stereocenters. The molecule has 0 saturated carbocycles. The van der Waals surface area contributed by atoms with Crippen molar-refractivity contribution < 1.29 is 31.7 Å². The summed E-state index contributed by atoms with van der Waals surface area (Å²) in [5, 5.41) is 4.72. The van der Waals surface area contributed by atoms with Crippen molar-refractivity contribution in [2.45, 2.75) is 189 Å². The second kappa shape index (κ2) is 22.6. The van der Waals surface area contributed by atoms with Crippen molar-refractivity contribution in [2.75, 3.05) is 24.5 Å². The molecule has 97 heavy (non-hydrogen) atoms. The van der Waals surface area contributed by atoms with Gasteiger partial charge in [-0.15, -0.1) is 0 Å². The Labute approximate surface area is 578 Å². The predicted molar refractivity (Wildman–Crippen MR) is 384 cm³/mol. The summed E-state index contributed by atoms with van der Waals surface area (Å²) in [7, 11) is 15.0. The molecule has 10 aromatic rings. The first-order chi connectivity index (χ1) is 46.4. The molecule has 15 atom stereocenters. The first-order valence-electron chi connectivity index (χ1n) is 35.6.